The highest BCUT2D eigenvalue weighted by Gasteiger charge is 2.24. The van der Waals surface area contributed by atoms with Gasteiger partial charge in [0.15, 0.2) is 5.65 Å². The van der Waals surface area contributed by atoms with Gasteiger partial charge in [0.1, 0.15) is 5.82 Å². The zero-order valence-electron chi connectivity index (χ0n) is 16.3. The molecule has 0 spiro atoms. The van der Waals surface area contributed by atoms with E-state index in [4.69, 9.17) is 0 Å². The van der Waals surface area contributed by atoms with Crippen LogP contribution in [-0.2, 0) is 10.0 Å². The summed E-state index contributed by atoms with van der Waals surface area (Å²) in [5, 5.41) is 4.55. The minimum Gasteiger partial charge on any atom is -0.352 e. The average Bonchev–Trinajstić information content (AvgIpc) is 3.21. The zero-order chi connectivity index (χ0) is 20.6. The maximum absolute atomic E-state index is 12.8. The van der Waals surface area contributed by atoms with E-state index in [-0.39, 0.29) is 10.8 Å². The molecular weight excluding hydrogens is 392 g/mol. The van der Waals surface area contributed by atoms with E-state index in [0.29, 0.717) is 31.7 Å². The summed E-state index contributed by atoms with van der Waals surface area (Å²) in [4.78, 5) is 21.1. The van der Waals surface area contributed by atoms with Crippen molar-refractivity contribution in [2.24, 2.45) is 0 Å². The fourth-order valence-corrected chi connectivity index (χ4v) is 4.18. The fourth-order valence-electron chi connectivity index (χ4n) is 3.28. The summed E-state index contributed by atoms with van der Waals surface area (Å²) < 4.78 is 27.2. The molecule has 2 aromatic heterocycles. The number of rotatable bonds is 4. The van der Waals surface area contributed by atoms with Crippen molar-refractivity contribution < 1.29 is 13.2 Å². The third-order valence-electron chi connectivity index (χ3n) is 5.01. The van der Waals surface area contributed by atoms with Crippen molar-refractivity contribution in [1.29, 1.82) is 0 Å². The Balaban J connectivity index is 1.42. The molecule has 3 aromatic rings. The zero-order valence-corrected chi connectivity index (χ0v) is 17.1. The number of sulfonamides is 1. The first-order valence-electron chi connectivity index (χ1n) is 9.23. The largest absolute Gasteiger partial charge is 0.352 e. The topological polar surface area (TPSA) is 91.1 Å². The molecule has 0 bridgehead atoms. The molecule has 0 atom stereocenters. The molecule has 29 heavy (non-hydrogen) atoms. The lowest BCUT2D eigenvalue weighted by atomic mass is 10.2. The second kappa shape index (κ2) is 7.45. The van der Waals surface area contributed by atoms with E-state index in [1.54, 1.807) is 33.9 Å². The number of carbonyl (C=O) groups is 1. The quantitative estimate of drug-likeness (QED) is 0.631. The number of carbonyl (C=O) groups excluding carboxylic acids is 1. The third-order valence-corrected chi connectivity index (χ3v) is 6.84. The van der Waals surface area contributed by atoms with E-state index in [1.807, 2.05) is 12.1 Å². The molecule has 3 heterocycles. The van der Waals surface area contributed by atoms with Crippen LogP contribution in [0, 0.1) is 0 Å². The van der Waals surface area contributed by atoms with E-state index in [1.165, 1.54) is 26.2 Å². The van der Waals surface area contributed by atoms with Gasteiger partial charge in [0.05, 0.1) is 4.90 Å². The number of piperazine rings is 1. The Hall–Kier alpha value is -2.98. The highest BCUT2D eigenvalue weighted by molar-refractivity contribution is 7.89. The molecule has 0 unspecified atom stereocenters. The van der Waals surface area contributed by atoms with Gasteiger partial charge in [-0.25, -0.2) is 22.2 Å². The fraction of sp³-hybridized carbons (Fsp3) is 0.316. The minimum atomic E-state index is -3.51. The molecule has 0 aliphatic carbocycles. The van der Waals surface area contributed by atoms with Gasteiger partial charge in [-0.05, 0) is 36.4 Å². The Morgan fingerprint density at radius 1 is 1.00 bits per heavy atom. The standard InChI is InChI=1S/C19H22N6O3S/c1-22(2)29(27,28)16-5-3-15(4-6-16)19(26)24-13-11-23(12-14-24)18-8-7-17-20-9-10-25(17)21-18/h3-10H,11-14H2,1-2H3. The van der Waals surface area contributed by atoms with Crippen LogP contribution in [-0.4, -0.2) is 78.4 Å². The van der Waals surface area contributed by atoms with Crippen LogP contribution in [0.3, 0.4) is 0 Å². The average molecular weight is 414 g/mol. The van der Waals surface area contributed by atoms with Gasteiger partial charge in [0.2, 0.25) is 10.0 Å². The maximum atomic E-state index is 12.8. The first-order chi connectivity index (χ1) is 13.9. The summed E-state index contributed by atoms with van der Waals surface area (Å²) in [7, 11) is -0.546. The number of hydrogen-bond acceptors (Lipinski definition) is 6. The summed E-state index contributed by atoms with van der Waals surface area (Å²) in [6.45, 7) is 2.48. The van der Waals surface area contributed by atoms with Crippen LogP contribution >= 0.6 is 0 Å². The van der Waals surface area contributed by atoms with Crippen LogP contribution in [0.15, 0.2) is 53.7 Å². The van der Waals surface area contributed by atoms with Gasteiger partial charge in [0.25, 0.3) is 5.91 Å². The van der Waals surface area contributed by atoms with Crippen LogP contribution < -0.4 is 4.90 Å². The van der Waals surface area contributed by atoms with Gasteiger partial charge in [-0.15, -0.1) is 5.10 Å². The van der Waals surface area contributed by atoms with Gasteiger partial charge in [-0.3, -0.25) is 4.79 Å². The van der Waals surface area contributed by atoms with Gasteiger partial charge < -0.3 is 9.80 Å². The Kier molecular flexibility index (Phi) is 4.97. The molecule has 4 rings (SSSR count). The molecule has 1 saturated heterocycles. The van der Waals surface area contributed by atoms with E-state index in [9.17, 15) is 13.2 Å². The molecular formula is C19H22N6O3S. The van der Waals surface area contributed by atoms with Crippen molar-refractivity contribution in [2.75, 3.05) is 45.2 Å². The molecule has 0 radical (unpaired) electrons. The summed E-state index contributed by atoms with van der Waals surface area (Å²) in [5.74, 6) is 0.748. The van der Waals surface area contributed by atoms with E-state index < -0.39 is 10.0 Å². The van der Waals surface area contributed by atoms with Crippen molar-refractivity contribution in [3.8, 4) is 0 Å². The maximum Gasteiger partial charge on any atom is 0.253 e. The second-order valence-corrected chi connectivity index (χ2v) is 9.16. The predicted octanol–water partition coefficient (Wildman–Crippen LogP) is 0.942. The van der Waals surface area contributed by atoms with Crippen molar-refractivity contribution in [3.05, 3.63) is 54.4 Å². The lowest BCUT2D eigenvalue weighted by Gasteiger charge is -2.35. The molecule has 152 valence electrons. The van der Waals surface area contributed by atoms with Crippen LogP contribution in [0.5, 0.6) is 0 Å². The van der Waals surface area contributed by atoms with Crippen LogP contribution in [0.4, 0.5) is 5.82 Å². The highest BCUT2D eigenvalue weighted by atomic mass is 32.2. The number of imidazole rings is 1. The lowest BCUT2D eigenvalue weighted by molar-refractivity contribution is 0.0746. The molecule has 1 amide bonds. The second-order valence-electron chi connectivity index (χ2n) is 7.01. The summed E-state index contributed by atoms with van der Waals surface area (Å²) >= 11 is 0. The molecule has 10 heteroatoms. The summed E-state index contributed by atoms with van der Waals surface area (Å²) in [6, 6.07) is 9.94. The van der Waals surface area contributed by atoms with Gasteiger partial charge in [-0.1, -0.05) is 0 Å². The van der Waals surface area contributed by atoms with E-state index in [2.05, 4.69) is 15.0 Å². The lowest BCUT2D eigenvalue weighted by Crippen LogP contribution is -2.49. The Morgan fingerprint density at radius 2 is 1.69 bits per heavy atom. The molecule has 9 nitrogen and oxygen atoms in total. The van der Waals surface area contributed by atoms with Gasteiger partial charge in [0, 0.05) is 58.2 Å². The Labute approximate surface area is 169 Å². The summed E-state index contributed by atoms with van der Waals surface area (Å²) in [6.07, 6.45) is 3.51. The molecule has 1 aliphatic rings. The van der Waals surface area contributed by atoms with E-state index in [0.717, 1.165) is 15.8 Å². The number of aromatic nitrogens is 3. The number of amides is 1. The van der Waals surface area contributed by atoms with Crippen LogP contribution in [0.25, 0.3) is 5.65 Å². The van der Waals surface area contributed by atoms with E-state index >= 15 is 0 Å². The number of fused-ring (bicyclic) bond motifs is 1. The molecule has 0 saturated carbocycles. The number of nitrogens with zero attached hydrogens (tertiary/aromatic N) is 6. The third kappa shape index (κ3) is 3.68. The number of hydrogen-bond donors (Lipinski definition) is 0. The molecule has 1 aromatic carbocycles. The molecule has 0 N–H and O–H groups in total. The van der Waals surface area contributed by atoms with Crippen LogP contribution in [0.1, 0.15) is 10.4 Å². The van der Waals surface area contributed by atoms with Gasteiger partial charge >= 0.3 is 0 Å². The highest BCUT2D eigenvalue weighted by Crippen LogP contribution is 2.18. The SMILES string of the molecule is CN(C)S(=O)(=O)c1ccc(C(=O)N2CCN(c3ccc4nccn4n3)CC2)cc1. The molecule has 1 aliphatic heterocycles. The van der Waals surface area contributed by atoms with Crippen LogP contribution in [0.2, 0.25) is 0 Å². The van der Waals surface area contributed by atoms with Gasteiger partial charge in [-0.2, -0.15) is 0 Å². The first-order valence-corrected chi connectivity index (χ1v) is 10.7. The van der Waals surface area contributed by atoms with Crippen molar-refractivity contribution in [1.82, 2.24) is 23.8 Å². The first kappa shape index (κ1) is 19.3. The van der Waals surface area contributed by atoms with Crippen molar-refractivity contribution in [2.45, 2.75) is 4.90 Å². The Bertz CT molecular complexity index is 1130. The normalized spacial score (nSPS) is 15.3. The Morgan fingerprint density at radius 3 is 2.34 bits per heavy atom. The van der Waals surface area contributed by atoms with Crippen molar-refractivity contribution >= 4 is 27.4 Å². The predicted molar refractivity (Wildman–Crippen MR) is 108 cm³/mol. The minimum absolute atomic E-state index is 0.100. The number of anilines is 1. The monoisotopic (exact) mass is 414 g/mol. The molecule has 1 fully saturated rings. The van der Waals surface area contributed by atoms with Crippen molar-refractivity contribution in [3.63, 3.8) is 0 Å². The number of benzene rings is 1. The summed E-state index contributed by atoms with van der Waals surface area (Å²) in [5.41, 5.74) is 1.27. The smallest absolute Gasteiger partial charge is 0.253 e.